The average molecular weight is 244 g/mol. The van der Waals surface area contributed by atoms with Gasteiger partial charge in [-0.1, -0.05) is 17.3 Å². The van der Waals surface area contributed by atoms with Crippen LogP contribution in [0.3, 0.4) is 0 Å². The fourth-order valence-electron chi connectivity index (χ4n) is 1.21. The van der Waals surface area contributed by atoms with Gasteiger partial charge in [-0.05, 0) is 12.1 Å². The van der Waals surface area contributed by atoms with Gasteiger partial charge in [0.1, 0.15) is 12.2 Å². The van der Waals surface area contributed by atoms with Crippen LogP contribution in [0.2, 0.25) is 0 Å². The number of aromatic nitrogens is 3. The summed E-state index contributed by atoms with van der Waals surface area (Å²) >= 11 is 0. The minimum atomic E-state index is -3.21. The molecule has 7 nitrogen and oxygen atoms in total. The molecule has 0 fully saturated rings. The smallest absolute Gasteiger partial charge is 0.210 e. The van der Waals surface area contributed by atoms with Gasteiger partial charge in [-0.2, -0.15) is 4.72 Å². The topological polar surface area (TPSA) is 108 Å². The maximum atomic E-state index is 10.9. The van der Waals surface area contributed by atoms with Crippen LogP contribution in [-0.4, -0.2) is 35.1 Å². The first-order chi connectivity index (χ1) is 7.06. The van der Waals surface area contributed by atoms with Crippen LogP contribution < -0.4 is 4.72 Å². The summed E-state index contributed by atoms with van der Waals surface area (Å²) in [4.78, 5) is 0. The Labute approximate surface area is 92.4 Å². The molecule has 0 aliphatic rings. The first-order valence-electron chi connectivity index (χ1n) is 4.29. The molecule has 0 bridgehead atoms. The Hall–Kier alpha value is -1.51. The molecular formula is C8H12N4O3S. The van der Waals surface area contributed by atoms with Crippen LogP contribution >= 0.6 is 0 Å². The third-order valence-corrected chi connectivity index (χ3v) is 2.55. The molecule has 0 saturated carbocycles. The third kappa shape index (κ3) is 2.75. The van der Waals surface area contributed by atoms with Crippen molar-refractivity contribution in [3.05, 3.63) is 24.3 Å². The van der Waals surface area contributed by atoms with Crippen LogP contribution in [0, 0.1) is 0 Å². The molecule has 16 heavy (non-hydrogen) atoms. The Morgan fingerprint density at radius 3 is 2.75 bits per heavy atom. The molecule has 0 atom stereocenters. The van der Waals surface area contributed by atoms with Crippen molar-refractivity contribution in [2.45, 2.75) is 6.67 Å². The van der Waals surface area contributed by atoms with Crippen molar-refractivity contribution < 1.29 is 13.9 Å². The summed E-state index contributed by atoms with van der Waals surface area (Å²) in [5.41, 5.74) is 1.54. The first-order valence-corrected chi connectivity index (χ1v) is 6.18. The fraction of sp³-hybridized carbons (Fsp3) is 0.250. The van der Waals surface area contributed by atoms with Gasteiger partial charge in [0.25, 0.3) is 0 Å². The molecule has 3 N–H and O–H groups in total. The van der Waals surface area contributed by atoms with E-state index in [0.717, 1.165) is 17.3 Å². The predicted octanol–water partition coefficient (Wildman–Crippen LogP) is -0.887. The Morgan fingerprint density at radius 2 is 2.06 bits per heavy atom. The summed E-state index contributed by atoms with van der Waals surface area (Å²) in [6.45, 7) is 0.0966. The zero-order chi connectivity index (χ0) is 10.9. The van der Waals surface area contributed by atoms with E-state index in [0.29, 0.717) is 0 Å². The van der Waals surface area contributed by atoms with Crippen molar-refractivity contribution in [1.82, 2.24) is 19.7 Å². The van der Waals surface area contributed by atoms with Gasteiger partial charge in [0.15, 0.2) is 0 Å². The second kappa shape index (κ2) is 4.56. The van der Waals surface area contributed by atoms with E-state index in [1.807, 2.05) is 24.3 Å². The van der Waals surface area contributed by atoms with Crippen molar-refractivity contribution in [2.75, 3.05) is 6.26 Å². The second-order valence-corrected chi connectivity index (χ2v) is 4.99. The highest BCUT2D eigenvalue weighted by Gasteiger charge is 2.05. The molecule has 0 aliphatic carbocycles. The number of fused-ring (bicyclic) bond motifs is 1. The van der Waals surface area contributed by atoms with E-state index in [4.69, 9.17) is 0 Å². The fourth-order valence-corrected chi connectivity index (χ4v) is 1.57. The average Bonchev–Trinajstić information content (AvgIpc) is 2.57. The van der Waals surface area contributed by atoms with Crippen molar-refractivity contribution >= 4 is 21.1 Å². The number of rotatable bonds is 3. The zero-order valence-electron chi connectivity index (χ0n) is 8.58. The summed E-state index contributed by atoms with van der Waals surface area (Å²) in [5, 5.41) is 7.74. The highest BCUT2D eigenvalue weighted by Crippen LogP contribution is 2.08. The van der Waals surface area contributed by atoms with E-state index in [1.54, 1.807) is 0 Å². The van der Waals surface area contributed by atoms with Gasteiger partial charge in [-0.3, -0.25) is 0 Å². The SMILES string of the molecule is CS(=O)(=O)NCn1nnc2ccccc21.O. The molecule has 0 spiro atoms. The molecule has 0 amide bonds. The minimum absolute atomic E-state index is 0. The van der Waals surface area contributed by atoms with Crippen molar-refractivity contribution in [3.8, 4) is 0 Å². The van der Waals surface area contributed by atoms with Gasteiger partial charge in [0.05, 0.1) is 11.8 Å². The molecule has 1 aromatic heterocycles. The maximum Gasteiger partial charge on any atom is 0.210 e. The molecule has 8 heteroatoms. The largest absolute Gasteiger partial charge is 0.412 e. The first kappa shape index (κ1) is 12.6. The van der Waals surface area contributed by atoms with Gasteiger partial charge < -0.3 is 5.48 Å². The van der Waals surface area contributed by atoms with E-state index in [2.05, 4.69) is 15.0 Å². The molecule has 0 radical (unpaired) electrons. The van der Waals surface area contributed by atoms with Gasteiger partial charge >= 0.3 is 0 Å². The maximum absolute atomic E-state index is 10.9. The lowest BCUT2D eigenvalue weighted by Crippen LogP contribution is -2.25. The van der Waals surface area contributed by atoms with Crippen molar-refractivity contribution in [2.24, 2.45) is 0 Å². The van der Waals surface area contributed by atoms with Gasteiger partial charge in [-0.25, -0.2) is 13.1 Å². The van der Waals surface area contributed by atoms with E-state index in [-0.39, 0.29) is 12.1 Å². The number of nitrogens with one attached hydrogen (secondary N) is 1. The number of hydrogen-bond donors (Lipinski definition) is 1. The standard InChI is InChI=1S/C8H10N4O2S.H2O/c1-15(13,14)9-6-12-8-5-3-2-4-7(8)10-11-12;/h2-5,9H,6H2,1H3;1H2. The molecule has 1 aromatic carbocycles. The molecule has 0 saturated heterocycles. The molecule has 0 aliphatic heterocycles. The lowest BCUT2D eigenvalue weighted by molar-refractivity contribution is 0.546. The third-order valence-electron chi connectivity index (χ3n) is 1.90. The van der Waals surface area contributed by atoms with Crippen LogP contribution in [0.25, 0.3) is 11.0 Å². The molecule has 1 heterocycles. The summed E-state index contributed by atoms with van der Waals surface area (Å²) in [5.74, 6) is 0. The van der Waals surface area contributed by atoms with E-state index >= 15 is 0 Å². The monoisotopic (exact) mass is 244 g/mol. The zero-order valence-corrected chi connectivity index (χ0v) is 9.40. The molecule has 2 aromatic rings. The van der Waals surface area contributed by atoms with E-state index in [1.165, 1.54) is 4.68 Å². The summed E-state index contributed by atoms with van der Waals surface area (Å²) in [7, 11) is -3.21. The number of hydrogen-bond acceptors (Lipinski definition) is 4. The molecule has 0 unspecified atom stereocenters. The van der Waals surface area contributed by atoms with Crippen LogP contribution in [0.15, 0.2) is 24.3 Å². The molecular weight excluding hydrogens is 232 g/mol. The van der Waals surface area contributed by atoms with Gasteiger partial charge in [-0.15, -0.1) is 5.10 Å². The summed E-state index contributed by atoms with van der Waals surface area (Å²) < 4.78 is 25.6. The Bertz CT molecular complexity index is 578. The number of nitrogens with zero attached hydrogens (tertiary/aromatic N) is 3. The second-order valence-electron chi connectivity index (χ2n) is 3.15. The van der Waals surface area contributed by atoms with E-state index < -0.39 is 10.0 Å². The Balaban J connectivity index is 0.00000128. The minimum Gasteiger partial charge on any atom is -0.412 e. The number of para-hydroxylation sites is 1. The van der Waals surface area contributed by atoms with Gasteiger partial charge in [0.2, 0.25) is 10.0 Å². The normalized spacial score (nSPS) is 11.3. The van der Waals surface area contributed by atoms with E-state index in [9.17, 15) is 8.42 Å². The van der Waals surface area contributed by atoms with Crippen LogP contribution in [-0.2, 0) is 16.7 Å². The number of sulfonamides is 1. The summed E-state index contributed by atoms with van der Waals surface area (Å²) in [6.07, 6.45) is 1.10. The quantitative estimate of drug-likeness (QED) is 0.755. The molecule has 88 valence electrons. The summed E-state index contributed by atoms with van der Waals surface area (Å²) in [6, 6.07) is 7.35. The van der Waals surface area contributed by atoms with Crippen molar-refractivity contribution in [1.29, 1.82) is 0 Å². The van der Waals surface area contributed by atoms with Gasteiger partial charge in [0, 0.05) is 0 Å². The highest BCUT2D eigenvalue weighted by atomic mass is 32.2. The number of benzene rings is 1. The highest BCUT2D eigenvalue weighted by molar-refractivity contribution is 7.88. The predicted molar refractivity (Wildman–Crippen MR) is 59.1 cm³/mol. The lowest BCUT2D eigenvalue weighted by Gasteiger charge is -2.02. The van der Waals surface area contributed by atoms with Crippen LogP contribution in [0.1, 0.15) is 0 Å². The Morgan fingerprint density at radius 1 is 1.38 bits per heavy atom. The van der Waals surface area contributed by atoms with Crippen LogP contribution in [0.4, 0.5) is 0 Å². The molecule has 2 rings (SSSR count). The van der Waals surface area contributed by atoms with Crippen LogP contribution in [0.5, 0.6) is 0 Å². The van der Waals surface area contributed by atoms with Crippen molar-refractivity contribution in [3.63, 3.8) is 0 Å². The lowest BCUT2D eigenvalue weighted by atomic mass is 10.3. The Kier molecular flexibility index (Phi) is 3.58.